The summed E-state index contributed by atoms with van der Waals surface area (Å²) in [7, 11) is 3.29. The molecule has 3 heterocycles. The van der Waals surface area contributed by atoms with Crippen molar-refractivity contribution < 1.29 is 14.3 Å². The number of aromatic nitrogens is 1. The van der Waals surface area contributed by atoms with Crippen LogP contribution in [0.1, 0.15) is 43.4 Å². The zero-order chi connectivity index (χ0) is 19.7. The number of ether oxygens (including phenoxy) is 2. The van der Waals surface area contributed by atoms with E-state index >= 15 is 0 Å². The van der Waals surface area contributed by atoms with Gasteiger partial charge in [0.05, 0.1) is 13.0 Å². The summed E-state index contributed by atoms with van der Waals surface area (Å²) in [6, 6.07) is 8.95. The van der Waals surface area contributed by atoms with Gasteiger partial charge in [-0.1, -0.05) is 18.2 Å². The van der Waals surface area contributed by atoms with Gasteiger partial charge in [0.15, 0.2) is 0 Å². The topological polar surface area (TPSA) is 54.6 Å². The van der Waals surface area contributed by atoms with Crippen LogP contribution in [0.15, 0.2) is 24.3 Å². The predicted octanol–water partition coefficient (Wildman–Crippen LogP) is 3.73. The standard InChI is InChI=1S/C23H32N2O3/c1-15-17(9-11-27-2)12-16-13-20(23(26)28-3)22-19(8-10-25(15)14-16)18-6-4-5-7-21(18)24-22/h4-7,15-17,20,24H,8-14H2,1-3H3. The van der Waals surface area contributed by atoms with Gasteiger partial charge in [-0.15, -0.1) is 0 Å². The fourth-order valence-corrected chi connectivity index (χ4v) is 5.44. The number of methoxy groups -OCH3 is 2. The van der Waals surface area contributed by atoms with Gasteiger partial charge in [-0.25, -0.2) is 0 Å². The van der Waals surface area contributed by atoms with Gasteiger partial charge >= 0.3 is 5.97 Å². The van der Waals surface area contributed by atoms with Crippen LogP contribution in [0, 0.1) is 11.8 Å². The highest BCUT2D eigenvalue weighted by Crippen LogP contribution is 2.40. The molecule has 5 nitrogen and oxygen atoms in total. The van der Waals surface area contributed by atoms with Crippen molar-refractivity contribution in [3.8, 4) is 0 Å². The van der Waals surface area contributed by atoms with Crippen LogP contribution in [-0.2, 0) is 20.7 Å². The van der Waals surface area contributed by atoms with E-state index < -0.39 is 0 Å². The van der Waals surface area contributed by atoms with Crippen LogP contribution in [0.3, 0.4) is 0 Å². The Kier molecular flexibility index (Phi) is 5.74. The Hall–Kier alpha value is -1.85. The monoisotopic (exact) mass is 384 g/mol. The van der Waals surface area contributed by atoms with Crippen molar-refractivity contribution in [3.05, 3.63) is 35.5 Å². The first-order chi connectivity index (χ1) is 13.6. The molecule has 152 valence electrons. The number of fused-ring (bicyclic) bond motifs is 5. The van der Waals surface area contributed by atoms with Gasteiger partial charge in [0.1, 0.15) is 0 Å². The van der Waals surface area contributed by atoms with Crippen molar-refractivity contribution in [1.82, 2.24) is 9.88 Å². The fraction of sp³-hybridized carbons (Fsp3) is 0.609. The molecule has 1 N–H and O–H groups in total. The number of para-hydroxylation sites is 1. The number of nitrogens with one attached hydrogen (secondary N) is 1. The summed E-state index contributed by atoms with van der Waals surface area (Å²) < 4.78 is 10.6. The molecule has 2 aliphatic heterocycles. The number of aromatic amines is 1. The van der Waals surface area contributed by atoms with Crippen LogP contribution in [0.4, 0.5) is 0 Å². The molecule has 0 saturated carbocycles. The van der Waals surface area contributed by atoms with E-state index in [0.29, 0.717) is 17.9 Å². The molecular formula is C23H32N2O3. The second-order valence-electron chi connectivity index (χ2n) is 8.50. The van der Waals surface area contributed by atoms with Crippen molar-refractivity contribution in [2.24, 2.45) is 11.8 Å². The van der Waals surface area contributed by atoms with Gasteiger partial charge in [0.2, 0.25) is 0 Å². The molecule has 0 amide bonds. The van der Waals surface area contributed by atoms with E-state index in [-0.39, 0.29) is 11.9 Å². The number of hydrogen-bond donors (Lipinski definition) is 1. The molecule has 1 aromatic carbocycles. The van der Waals surface area contributed by atoms with Crippen LogP contribution >= 0.6 is 0 Å². The average Bonchev–Trinajstić information content (AvgIpc) is 3.10. The first-order valence-electron chi connectivity index (χ1n) is 10.5. The molecule has 2 aliphatic rings. The first kappa shape index (κ1) is 19.5. The molecule has 0 aliphatic carbocycles. The van der Waals surface area contributed by atoms with E-state index in [0.717, 1.165) is 56.6 Å². The van der Waals surface area contributed by atoms with Gasteiger partial charge in [-0.2, -0.15) is 0 Å². The summed E-state index contributed by atoms with van der Waals surface area (Å²) in [4.78, 5) is 19.0. The quantitative estimate of drug-likeness (QED) is 0.816. The highest BCUT2D eigenvalue weighted by molar-refractivity contribution is 5.88. The lowest BCUT2D eigenvalue weighted by atomic mass is 9.78. The van der Waals surface area contributed by atoms with Crippen molar-refractivity contribution in [2.45, 2.75) is 44.6 Å². The van der Waals surface area contributed by atoms with Crippen molar-refractivity contribution in [2.75, 3.05) is 33.9 Å². The van der Waals surface area contributed by atoms with Crippen molar-refractivity contribution in [1.29, 1.82) is 0 Å². The molecule has 1 aromatic heterocycles. The first-order valence-corrected chi connectivity index (χ1v) is 10.5. The summed E-state index contributed by atoms with van der Waals surface area (Å²) in [5, 5.41) is 1.24. The number of benzene rings is 1. The van der Waals surface area contributed by atoms with Crippen molar-refractivity contribution in [3.63, 3.8) is 0 Å². The van der Waals surface area contributed by atoms with E-state index in [4.69, 9.17) is 9.47 Å². The van der Waals surface area contributed by atoms with E-state index in [1.165, 1.54) is 18.1 Å². The molecule has 5 unspecified atom stereocenters. The maximum Gasteiger partial charge on any atom is 0.314 e. The van der Waals surface area contributed by atoms with Gasteiger partial charge in [-0.3, -0.25) is 9.69 Å². The number of nitrogens with zero attached hydrogens (tertiary/aromatic N) is 1. The zero-order valence-corrected chi connectivity index (χ0v) is 17.2. The van der Waals surface area contributed by atoms with Gasteiger partial charge in [0.25, 0.3) is 0 Å². The lowest BCUT2D eigenvalue weighted by Gasteiger charge is -2.43. The maximum absolute atomic E-state index is 12.8. The summed E-state index contributed by atoms with van der Waals surface area (Å²) in [6.45, 7) is 5.27. The molecule has 4 rings (SSSR count). The molecular weight excluding hydrogens is 352 g/mol. The van der Waals surface area contributed by atoms with Crippen molar-refractivity contribution >= 4 is 16.9 Å². The van der Waals surface area contributed by atoms with E-state index in [1.54, 1.807) is 7.11 Å². The Morgan fingerprint density at radius 1 is 1.25 bits per heavy atom. The highest BCUT2D eigenvalue weighted by Gasteiger charge is 2.38. The number of piperidine rings is 1. The summed E-state index contributed by atoms with van der Waals surface area (Å²) >= 11 is 0. The molecule has 1 saturated heterocycles. The summed E-state index contributed by atoms with van der Waals surface area (Å²) in [5.41, 5.74) is 3.48. The smallest absolute Gasteiger partial charge is 0.314 e. The molecule has 1 fully saturated rings. The molecule has 5 atom stereocenters. The number of H-pyrrole nitrogens is 1. The Labute approximate surface area is 167 Å². The molecule has 28 heavy (non-hydrogen) atoms. The highest BCUT2D eigenvalue weighted by atomic mass is 16.5. The Bertz CT molecular complexity index is 830. The second-order valence-corrected chi connectivity index (χ2v) is 8.50. The third-order valence-electron chi connectivity index (χ3n) is 6.98. The number of carbonyl (C=O) groups excluding carboxylic acids is 1. The number of hydrogen-bond acceptors (Lipinski definition) is 4. The molecule has 5 heteroatoms. The average molecular weight is 385 g/mol. The van der Waals surface area contributed by atoms with Crippen LogP contribution in [0.5, 0.6) is 0 Å². The van der Waals surface area contributed by atoms with E-state index in [1.807, 2.05) is 6.07 Å². The van der Waals surface area contributed by atoms with Crippen LogP contribution in [-0.4, -0.2) is 55.8 Å². The third kappa shape index (κ3) is 3.58. The summed E-state index contributed by atoms with van der Waals surface area (Å²) in [6.07, 6.45) is 4.05. The minimum atomic E-state index is -0.214. The normalized spacial score (nSPS) is 30.2. The predicted molar refractivity (Wildman–Crippen MR) is 111 cm³/mol. The Morgan fingerprint density at radius 2 is 2.07 bits per heavy atom. The maximum atomic E-state index is 12.8. The lowest BCUT2D eigenvalue weighted by Crippen LogP contribution is -2.48. The number of carbonyl (C=O) groups is 1. The number of esters is 1. The van der Waals surface area contributed by atoms with Crippen LogP contribution < -0.4 is 0 Å². The van der Waals surface area contributed by atoms with Gasteiger partial charge < -0.3 is 14.5 Å². The van der Waals surface area contributed by atoms with Crippen LogP contribution in [0.25, 0.3) is 10.9 Å². The fourth-order valence-electron chi connectivity index (χ4n) is 5.44. The Balaban J connectivity index is 1.72. The van der Waals surface area contributed by atoms with Gasteiger partial charge in [-0.05, 0) is 56.1 Å². The third-order valence-corrected chi connectivity index (χ3v) is 6.98. The van der Waals surface area contributed by atoms with E-state index in [2.05, 4.69) is 35.0 Å². The molecule has 0 spiro atoms. The number of rotatable bonds is 4. The second kappa shape index (κ2) is 8.26. The molecule has 0 radical (unpaired) electrons. The Morgan fingerprint density at radius 3 is 2.86 bits per heavy atom. The largest absolute Gasteiger partial charge is 0.469 e. The van der Waals surface area contributed by atoms with E-state index in [9.17, 15) is 4.79 Å². The lowest BCUT2D eigenvalue weighted by molar-refractivity contribution is -0.143. The van der Waals surface area contributed by atoms with Crippen LogP contribution in [0.2, 0.25) is 0 Å². The minimum Gasteiger partial charge on any atom is -0.469 e. The SMILES string of the molecule is COCCC1CC2CC(C(=O)OC)c3[nH]c4ccccc4c3CCN(C2)C1C. The summed E-state index contributed by atoms with van der Waals surface area (Å²) in [5.74, 6) is 0.784. The molecule has 2 aromatic rings. The zero-order valence-electron chi connectivity index (χ0n) is 17.2. The minimum absolute atomic E-state index is 0.117. The van der Waals surface area contributed by atoms with Gasteiger partial charge in [0, 0.05) is 49.4 Å². The molecule has 2 bridgehead atoms.